The van der Waals surface area contributed by atoms with Crippen molar-refractivity contribution in [1.29, 1.82) is 0 Å². The first kappa shape index (κ1) is 28.4. The number of benzene rings is 3. The van der Waals surface area contributed by atoms with Crippen molar-refractivity contribution in [3.63, 3.8) is 0 Å². The lowest BCUT2D eigenvalue weighted by molar-refractivity contribution is 0.0522. The Morgan fingerprint density at radius 3 is 2.21 bits per heavy atom. The van der Waals surface area contributed by atoms with E-state index in [-0.39, 0.29) is 24.3 Å². The maximum Gasteiger partial charge on any atom is 0.408 e. The highest BCUT2D eigenvalue weighted by atomic mass is 79.9. The lowest BCUT2D eigenvalue weighted by Gasteiger charge is -2.19. The number of halogens is 1. The summed E-state index contributed by atoms with van der Waals surface area (Å²) in [5, 5.41) is 5.66. The number of hydrogen-bond acceptors (Lipinski definition) is 5. The van der Waals surface area contributed by atoms with Crippen molar-refractivity contribution < 1.29 is 23.9 Å². The average molecular weight is 594 g/mol. The van der Waals surface area contributed by atoms with Crippen molar-refractivity contribution in [3.8, 4) is 0 Å². The van der Waals surface area contributed by atoms with Gasteiger partial charge in [-0.05, 0) is 56.0 Å². The van der Waals surface area contributed by atoms with Gasteiger partial charge in [0.15, 0.2) is 5.78 Å². The van der Waals surface area contributed by atoms with Gasteiger partial charge in [0.2, 0.25) is 0 Å². The van der Waals surface area contributed by atoms with E-state index in [0.29, 0.717) is 12.0 Å². The summed E-state index contributed by atoms with van der Waals surface area (Å²) in [5.74, 6) is -0.0290. The van der Waals surface area contributed by atoms with Crippen LogP contribution in [0.5, 0.6) is 0 Å². The average Bonchev–Trinajstić information content (AvgIpc) is 3.66. The third-order valence-corrected chi connectivity index (χ3v) is 6.82. The van der Waals surface area contributed by atoms with Crippen molar-refractivity contribution in [3.05, 3.63) is 106 Å². The number of rotatable bonds is 9. The number of amides is 2. The van der Waals surface area contributed by atoms with Gasteiger partial charge in [-0.25, -0.2) is 9.59 Å². The molecule has 0 aliphatic heterocycles. The highest BCUT2D eigenvalue weighted by Gasteiger charge is 2.40. The summed E-state index contributed by atoms with van der Waals surface area (Å²) in [5.41, 5.74) is 2.75. The molecule has 39 heavy (non-hydrogen) atoms. The van der Waals surface area contributed by atoms with Crippen LogP contribution in [0.3, 0.4) is 0 Å². The zero-order valence-corrected chi connectivity index (χ0v) is 23.9. The quantitative estimate of drug-likeness (QED) is 0.275. The van der Waals surface area contributed by atoms with Crippen LogP contribution in [0.15, 0.2) is 83.3 Å². The van der Waals surface area contributed by atoms with Crippen molar-refractivity contribution in [2.45, 2.75) is 63.8 Å². The molecule has 0 spiro atoms. The lowest BCUT2D eigenvalue weighted by Crippen LogP contribution is -2.42. The van der Waals surface area contributed by atoms with Crippen molar-refractivity contribution in [2.24, 2.45) is 0 Å². The second-order valence-electron chi connectivity index (χ2n) is 10.7. The third-order valence-electron chi connectivity index (χ3n) is 6.29. The molecule has 1 fully saturated rings. The van der Waals surface area contributed by atoms with Crippen LogP contribution in [-0.4, -0.2) is 35.7 Å². The maximum absolute atomic E-state index is 13.5. The van der Waals surface area contributed by atoms with E-state index in [1.54, 1.807) is 12.1 Å². The molecule has 3 aromatic carbocycles. The van der Waals surface area contributed by atoms with Crippen molar-refractivity contribution in [2.75, 3.05) is 0 Å². The predicted molar refractivity (Wildman–Crippen MR) is 153 cm³/mol. The SMILES string of the molecule is CC(C)(C)OC(=O)N[C@@H]1C[C@H]1c1ccc(C(=O)[C@H](Cc2ccccc2)NC(=O)OCc2ccc(Br)cc2)cc1. The molecule has 204 valence electrons. The number of alkyl carbamates (subject to hydrolysis) is 2. The molecule has 1 aliphatic rings. The summed E-state index contributed by atoms with van der Waals surface area (Å²) in [6, 6.07) is 23.6. The van der Waals surface area contributed by atoms with Crippen LogP contribution < -0.4 is 10.6 Å². The second kappa shape index (κ2) is 12.5. The Hall–Kier alpha value is -3.65. The number of nitrogens with one attached hydrogen (secondary N) is 2. The molecule has 3 atom stereocenters. The molecule has 0 heterocycles. The molecule has 0 unspecified atom stereocenters. The van der Waals surface area contributed by atoms with E-state index in [9.17, 15) is 14.4 Å². The number of ether oxygens (including phenoxy) is 2. The zero-order valence-electron chi connectivity index (χ0n) is 22.3. The minimum Gasteiger partial charge on any atom is -0.445 e. The van der Waals surface area contributed by atoms with E-state index in [4.69, 9.17) is 9.47 Å². The van der Waals surface area contributed by atoms with Gasteiger partial charge in [0.1, 0.15) is 12.2 Å². The van der Waals surface area contributed by atoms with Crippen LogP contribution in [0.25, 0.3) is 0 Å². The van der Waals surface area contributed by atoms with Gasteiger partial charge in [-0.2, -0.15) is 0 Å². The molecule has 8 heteroatoms. The molecule has 2 N–H and O–H groups in total. The zero-order chi connectivity index (χ0) is 28.0. The monoisotopic (exact) mass is 592 g/mol. The largest absolute Gasteiger partial charge is 0.445 e. The minimum atomic E-state index is -0.793. The van der Waals surface area contributed by atoms with Crippen LogP contribution in [-0.2, 0) is 22.5 Å². The van der Waals surface area contributed by atoms with Crippen LogP contribution >= 0.6 is 15.9 Å². The summed E-state index contributed by atoms with van der Waals surface area (Å²) in [6.07, 6.45) is 0.0651. The molecule has 0 aromatic heterocycles. The van der Waals surface area contributed by atoms with Gasteiger partial charge in [-0.1, -0.05) is 82.7 Å². The second-order valence-corrected chi connectivity index (χ2v) is 11.6. The number of carbonyl (C=O) groups excluding carboxylic acids is 3. The third kappa shape index (κ3) is 8.68. The number of Topliss-reactive ketones (excluding diaryl/α,β-unsaturated/α-hetero) is 1. The van der Waals surface area contributed by atoms with Gasteiger partial charge in [-0.15, -0.1) is 0 Å². The van der Waals surface area contributed by atoms with Crippen LogP contribution in [0.1, 0.15) is 60.2 Å². The molecule has 0 saturated heterocycles. The predicted octanol–water partition coefficient (Wildman–Crippen LogP) is 6.55. The summed E-state index contributed by atoms with van der Waals surface area (Å²) in [7, 11) is 0. The summed E-state index contributed by atoms with van der Waals surface area (Å²) in [4.78, 5) is 38.2. The number of ketones is 1. The Labute approximate surface area is 237 Å². The van der Waals surface area contributed by atoms with Gasteiger partial charge in [0.25, 0.3) is 0 Å². The molecular formula is C31H33BrN2O5. The molecule has 2 amide bonds. The van der Waals surface area contributed by atoms with Crippen molar-refractivity contribution >= 4 is 33.9 Å². The summed E-state index contributed by atoms with van der Waals surface area (Å²) in [6.45, 7) is 5.58. The van der Waals surface area contributed by atoms with E-state index in [1.165, 1.54) is 0 Å². The molecule has 4 rings (SSSR count). The van der Waals surface area contributed by atoms with E-state index in [0.717, 1.165) is 27.6 Å². The standard InChI is InChI=1S/C31H33BrN2O5/c1-31(2,3)39-30(37)33-26-18-25(26)22-11-13-23(14-12-22)28(35)27(17-20-7-5-4-6-8-20)34-29(36)38-19-21-9-15-24(32)16-10-21/h4-16,25-27H,17-19H2,1-3H3,(H,33,37)(H,34,36)/t25-,26+,27-/m0/s1. The van der Waals surface area contributed by atoms with Crippen LogP contribution in [0.2, 0.25) is 0 Å². The van der Waals surface area contributed by atoms with Gasteiger partial charge in [0, 0.05) is 28.4 Å². The van der Waals surface area contributed by atoms with Gasteiger partial charge in [-0.3, -0.25) is 4.79 Å². The lowest BCUT2D eigenvalue weighted by atomic mass is 9.96. The van der Waals surface area contributed by atoms with Crippen molar-refractivity contribution in [1.82, 2.24) is 10.6 Å². The first-order valence-electron chi connectivity index (χ1n) is 12.9. The molecule has 3 aromatic rings. The van der Waals surface area contributed by atoms with E-state index >= 15 is 0 Å². The Morgan fingerprint density at radius 1 is 0.897 bits per heavy atom. The summed E-state index contributed by atoms with van der Waals surface area (Å²) >= 11 is 3.39. The van der Waals surface area contributed by atoms with Gasteiger partial charge in [0.05, 0.1) is 6.04 Å². The molecular weight excluding hydrogens is 560 g/mol. The van der Waals surface area contributed by atoms with E-state index in [2.05, 4.69) is 26.6 Å². The summed E-state index contributed by atoms with van der Waals surface area (Å²) < 4.78 is 11.7. The van der Waals surface area contributed by atoms with Gasteiger partial charge < -0.3 is 20.1 Å². The van der Waals surface area contributed by atoms with Crippen LogP contribution in [0.4, 0.5) is 9.59 Å². The fourth-order valence-corrected chi connectivity index (χ4v) is 4.51. The topological polar surface area (TPSA) is 93.7 Å². The minimum absolute atomic E-state index is 0.00870. The Kier molecular flexibility index (Phi) is 9.07. The van der Waals surface area contributed by atoms with Crippen LogP contribution in [0, 0.1) is 0 Å². The Morgan fingerprint density at radius 2 is 1.56 bits per heavy atom. The molecule has 1 saturated carbocycles. The molecule has 7 nitrogen and oxygen atoms in total. The fraction of sp³-hybridized carbons (Fsp3) is 0.323. The Balaban J connectivity index is 1.38. The number of carbonyl (C=O) groups is 3. The number of hydrogen-bond donors (Lipinski definition) is 2. The molecule has 0 radical (unpaired) electrons. The van der Waals surface area contributed by atoms with E-state index < -0.39 is 23.8 Å². The normalized spacial score (nSPS) is 17.0. The maximum atomic E-state index is 13.5. The smallest absolute Gasteiger partial charge is 0.408 e. The first-order valence-corrected chi connectivity index (χ1v) is 13.7. The molecule has 1 aliphatic carbocycles. The molecule has 0 bridgehead atoms. The highest BCUT2D eigenvalue weighted by Crippen LogP contribution is 2.41. The fourth-order valence-electron chi connectivity index (χ4n) is 4.25. The highest BCUT2D eigenvalue weighted by molar-refractivity contribution is 9.10. The Bertz CT molecular complexity index is 1290. The van der Waals surface area contributed by atoms with Gasteiger partial charge >= 0.3 is 12.2 Å². The van der Waals surface area contributed by atoms with E-state index in [1.807, 2.05) is 87.5 Å². The first-order chi connectivity index (χ1) is 18.6.